The summed E-state index contributed by atoms with van der Waals surface area (Å²) in [6.45, 7) is 5.14. The molecule has 2 aromatic heterocycles. The van der Waals surface area contributed by atoms with E-state index in [4.69, 9.17) is 11.1 Å². The van der Waals surface area contributed by atoms with Crippen LogP contribution in [0.2, 0.25) is 0 Å². The number of hydrogen-bond donors (Lipinski definition) is 2. The third-order valence-electron chi connectivity index (χ3n) is 7.90. The van der Waals surface area contributed by atoms with Gasteiger partial charge >= 0.3 is 184 Å². The summed E-state index contributed by atoms with van der Waals surface area (Å²) in [5, 5.41) is 8.31. The van der Waals surface area contributed by atoms with Gasteiger partial charge in [-0.3, -0.25) is 14.8 Å². The van der Waals surface area contributed by atoms with Crippen LogP contribution in [0, 0.1) is 8.98 Å². The normalized spacial score (nSPS) is 13.6. The van der Waals surface area contributed by atoms with E-state index in [-0.39, 0.29) is 32.7 Å². The standard InChI is InChI=1S/C31H27F6IN4O3/c1-28(2,3)42-24(40)20-13-22-23(14-21(20)27(42)45)26(44)41(25(22)43)19-11-7-17(8-12-19)29(30(32,33)34,31(35,36)37)16-5-9-18(10-6-16)38(4)15-39/h5-14,40H,15,39H2,1-4H3. The maximum absolute atomic E-state index is 14.7. The molecule has 0 spiro atoms. The van der Waals surface area contributed by atoms with Crippen molar-refractivity contribution in [2.75, 3.05) is 9.48 Å². The third-order valence-corrected chi connectivity index (χ3v) is 12.1. The van der Waals surface area contributed by atoms with Crippen LogP contribution < -0.4 is 27.9 Å². The summed E-state index contributed by atoms with van der Waals surface area (Å²) in [4.78, 5) is 41.6. The zero-order valence-corrected chi connectivity index (χ0v) is 26.5. The van der Waals surface area contributed by atoms with Gasteiger partial charge in [0.05, 0.1) is 5.39 Å². The van der Waals surface area contributed by atoms with E-state index in [1.165, 1.54) is 28.8 Å². The van der Waals surface area contributed by atoms with Gasteiger partial charge in [0, 0.05) is 10.9 Å². The van der Waals surface area contributed by atoms with Gasteiger partial charge in [-0.2, -0.15) is 0 Å². The number of nitrogens with one attached hydrogen (secondary N) is 1. The van der Waals surface area contributed by atoms with Crippen molar-refractivity contribution in [2.24, 2.45) is 5.73 Å². The minimum absolute atomic E-state index is 0.0297. The number of nitrogens with two attached hydrogens (primary N) is 1. The van der Waals surface area contributed by atoms with E-state index < -0.39 is 70.9 Å². The van der Waals surface area contributed by atoms with E-state index in [1.54, 1.807) is 20.8 Å². The number of halogens is 7. The first-order valence-corrected chi connectivity index (χ1v) is 18.1. The molecule has 3 N–H and O–H groups in total. The number of aromatic nitrogens is 2. The van der Waals surface area contributed by atoms with Crippen LogP contribution in [-0.4, -0.2) is 31.0 Å². The number of benzene rings is 3. The molecular weight excluding hydrogens is 717 g/mol. The first-order valence-electron chi connectivity index (χ1n) is 13.4. The Labute approximate surface area is 258 Å². The molecule has 3 aromatic carbocycles. The van der Waals surface area contributed by atoms with Crippen LogP contribution in [0.4, 0.5) is 26.3 Å². The van der Waals surface area contributed by atoms with Crippen LogP contribution in [0.15, 0.2) is 75.0 Å². The Morgan fingerprint density at radius 1 is 0.711 bits per heavy atom. The molecule has 0 radical (unpaired) electrons. The van der Waals surface area contributed by atoms with Gasteiger partial charge in [-0.15, -0.1) is 0 Å². The van der Waals surface area contributed by atoms with E-state index >= 15 is 0 Å². The Morgan fingerprint density at radius 2 is 1.13 bits per heavy atom. The Bertz CT molecular complexity index is 2060. The van der Waals surface area contributed by atoms with E-state index in [2.05, 4.69) is 0 Å². The molecular formula is C31H27F6IN4O3. The number of alkyl halides is 8. The molecule has 5 rings (SSSR count). The Morgan fingerprint density at radius 3 is 1.56 bits per heavy atom. The Balaban J connectivity index is 1.70. The molecule has 0 unspecified atom stereocenters. The van der Waals surface area contributed by atoms with Crippen LogP contribution >= 0.6 is 19.8 Å². The molecule has 0 fully saturated rings. The molecule has 14 heteroatoms. The van der Waals surface area contributed by atoms with Crippen LogP contribution in [0.5, 0.6) is 0 Å². The SMILES string of the molecule is CI(CN)c1ccc(C(c2ccc(-n3c(=O)c4cc5c(=N)n(C(C)(C)C)c(=O)c5cc4c3=O)cc2)(C(F)(F)F)C(F)(F)F)cc1. The van der Waals surface area contributed by atoms with Gasteiger partial charge in [-0.1, -0.05) is 0 Å². The van der Waals surface area contributed by atoms with Crippen molar-refractivity contribution in [3.05, 3.63) is 112 Å². The van der Waals surface area contributed by atoms with Crippen molar-refractivity contribution in [3.8, 4) is 5.69 Å². The average Bonchev–Trinajstić information content (AvgIpc) is 3.34. The van der Waals surface area contributed by atoms with Crippen LogP contribution in [0.25, 0.3) is 27.2 Å². The Kier molecular flexibility index (Phi) is 7.71. The van der Waals surface area contributed by atoms with Gasteiger partial charge < -0.3 is 0 Å². The molecule has 0 amide bonds. The quantitative estimate of drug-likeness (QED) is 0.109. The first-order chi connectivity index (χ1) is 20.8. The molecule has 2 heterocycles. The molecule has 0 aliphatic carbocycles. The molecule has 5 aromatic rings. The van der Waals surface area contributed by atoms with Crippen molar-refractivity contribution >= 4 is 41.4 Å². The second kappa shape index (κ2) is 10.6. The molecule has 7 nitrogen and oxygen atoms in total. The van der Waals surface area contributed by atoms with Crippen molar-refractivity contribution in [1.82, 2.24) is 9.13 Å². The summed E-state index contributed by atoms with van der Waals surface area (Å²) < 4.78 is 90.7. The summed E-state index contributed by atoms with van der Waals surface area (Å²) in [6.07, 6.45) is -11.6. The Hall–Kier alpha value is -3.79. The van der Waals surface area contributed by atoms with Gasteiger partial charge in [0.2, 0.25) is 0 Å². The number of rotatable bonds is 5. The van der Waals surface area contributed by atoms with Gasteiger partial charge in [0.25, 0.3) is 5.56 Å². The third kappa shape index (κ3) is 4.83. The first kappa shape index (κ1) is 32.6. The fourth-order valence-electron chi connectivity index (χ4n) is 5.72. The molecule has 0 saturated carbocycles. The molecule has 0 bridgehead atoms. The predicted molar refractivity (Wildman–Crippen MR) is 168 cm³/mol. The number of nitrogens with zero attached hydrogens (tertiary/aromatic N) is 2. The molecule has 238 valence electrons. The molecule has 0 atom stereocenters. The molecule has 0 saturated heterocycles. The van der Waals surface area contributed by atoms with E-state index in [0.717, 1.165) is 24.3 Å². The monoisotopic (exact) mass is 744 g/mol. The van der Waals surface area contributed by atoms with Crippen LogP contribution in [0.3, 0.4) is 0 Å². The minimum atomic E-state index is -5.82. The summed E-state index contributed by atoms with van der Waals surface area (Å²) in [6, 6.07) is 9.46. The summed E-state index contributed by atoms with van der Waals surface area (Å²) >= 11 is -1.92. The average molecular weight is 744 g/mol. The topological polar surface area (TPSA) is 111 Å². The van der Waals surface area contributed by atoms with E-state index in [0.29, 0.717) is 24.8 Å². The van der Waals surface area contributed by atoms with Crippen LogP contribution in [-0.2, 0) is 11.0 Å². The van der Waals surface area contributed by atoms with Crippen molar-refractivity contribution < 1.29 is 26.3 Å². The summed E-state index contributed by atoms with van der Waals surface area (Å²) in [7, 11) is 0. The van der Waals surface area contributed by atoms with E-state index in [1.807, 2.05) is 4.93 Å². The van der Waals surface area contributed by atoms with Gasteiger partial charge in [0.1, 0.15) is 5.49 Å². The fraction of sp³-hybridized carbons (Fsp3) is 0.290. The number of fused-ring (bicyclic) bond motifs is 2. The van der Waals surface area contributed by atoms with Crippen molar-refractivity contribution in [1.29, 1.82) is 5.41 Å². The predicted octanol–water partition coefficient (Wildman–Crippen LogP) is 5.41. The van der Waals surface area contributed by atoms with Crippen LogP contribution in [0.1, 0.15) is 31.9 Å². The zero-order chi connectivity index (χ0) is 33.4. The summed E-state index contributed by atoms with van der Waals surface area (Å²) in [5.74, 6) is 0. The molecule has 0 aliphatic heterocycles. The van der Waals surface area contributed by atoms with Gasteiger partial charge in [-0.05, 0) is 32.9 Å². The molecule has 45 heavy (non-hydrogen) atoms. The van der Waals surface area contributed by atoms with Gasteiger partial charge in [-0.25, -0.2) is 0 Å². The van der Waals surface area contributed by atoms with Crippen molar-refractivity contribution in [3.63, 3.8) is 0 Å². The number of hydrogen-bond acceptors (Lipinski definition) is 5. The zero-order valence-electron chi connectivity index (χ0n) is 24.3. The van der Waals surface area contributed by atoms with Gasteiger partial charge in [0.15, 0.2) is 0 Å². The summed E-state index contributed by atoms with van der Waals surface area (Å²) in [5.41, 5.74) is -4.49. The second-order valence-electron chi connectivity index (χ2n) is 11.6. The van der Waals surface area contributed by atoms with Crippen molar-refractivity contribution in [2.45, 2.75) is 44.1 Å². The van der Waals surface area contributed by atoms with E-state index in [9.17, 15) is 40.7 Å². The maximum atomic E-state index is 14.7. The fourth-order valence-corrected chi connectivity index (χ4v) is 7.82. The second-order valence-corrected chi connectivity index (χ2v) is 17.1. The molecule has 0 aliphatic rings.